The fourth-order valence-corrected chi connectivity index (χ4v) is 3.63. The number of imidazole rings is 1. The average molecular weight is 350 g/mol. The van der Waals surface area contributed by atoms with Crippen LogP contribution in [0.3, 0.4) is 0 Å². The van der Waals surface area contributed by atoms with Crippen LogP contribution < -0.4 is 9.64 Å². The fourth-order valence-electron chi connectivity index (χ4n) is 3.63. The van der Waals surface area contributed by atoms with E-state index in [1.54, 1.807) is 12.5 Å². The summed E-state index contributed by atoms with van der Waals surface area (Å²) in [6, 6.07) is 4.54. The van der Waals surface area contributed by atoms with Crippen molar-refractivity contribution >= 4 is 17.0 Å². The monoisotopic (exact) mass is 350 g/mol. The Morgan fingerprint density at radius 2 is 1.88 bits per heavy atom. The number of rotatable bonds is 4. The number of hydrogen-bond donors (Lipinski definition) is 0. The minimum Gasteiger partial charge on any atom is -0.474 e. The predicted molar refractivity (Wildman–Crippen MR) is 98.4 cm³/mol. The maximum absolute atomic E-state index is 6.11. The molecular formula is C19H22N6O. The van der Waals surface area contributed by atoms with Gasteiger partial charge < -0.3 is 14.2 Å². The van der Waals surface area contributed by atoms with Crippen molar-refractivity contribution in [2.24, 2.45) is 0 Å². The third-order valence-corrected chi connectivity index (χ3v) is 5.26. The molecule has 1 aliphatic heterocycles. The van der Waals surface area contributed by atoms with Gasteiger partial charge in [-0.25, -0.2) is 19.9 Å². The molecule has 3 aromatic rings. The Bertz CT molecular complexity index is 927. The van der Waals surface area contributed by atoms with Gasteiger partial charge in [0.2, 0.25) is 5.88 Å². The Labute approximate surface area is 152 Å². The molecule has 0 atom stereocenters. The molecule has 1 aliphatic carbocycles. The highest BCUT2D eigenvalue weighted by Crippen LogP contribution is 2.37. The number of aryl methyl sites for hydroxylation is 1. The van der Waals surface area contributed by atoms with E-state index >= 15 is 0 Å². The van der Waals surface area contributed by atoms with Gasteiger partial charge >= 0.3 is 0 Å². The van der Waals surface area contributed by atoms with Crippen LogP contribution in [-0.4, -0.2) is 43.7 Å². The van der Waals surface area contributed by atoms with Crippen molar-refractivity contribution in [3.05, 3.63) is 36.5 Å². The highest BCUT2D eigenvalue weighted by Gasteiger charge is 2.28. The van der Waals surface area contributed by atoms with E-state index in [1.807, 2.05) is 25.4 Å². The highest BCUT2D eigenvalue weighted by atomic mass is 16.5. The fraction of sp³-hybridized carbons (Fsp3) is 0.474. The maximum Gasteiger partial charge on any atom is 0.216 e. The number of ether oxygens (including phenoxy) is 1. The molecule has 0 radical (unpaired) electrons. The van der Waals surface area contributed by atoms with Gasteiger partial charge in [0.05, 0.1) is 6.33 Å². The largest absolute Gasteiger partial charge is 0.474 e. The van der Waals surface area contributed by atoms with Crippen molar-refractivity contribution in [1.82, 2.24) is 24.5 Å². The smallest absolute Gasteiger partial charge is 0.216 e. The van der Waals surface area contributed by atoms with Gasteiger partial charge in [0.1, 0.15) is 12.4 Å². The van der Waals surface area contributed by atoms with Crippen LogP contribution in [0, 0.1) is 6.92 Å². The molecular weight excluding hydrogens is 328 g/mol. The molecule has 2 aliphatic rings. The van der Waals surface area contributed by atoms with Crippen LogP contribution in [0.15, 0.2) is 31.0 Å². The van der Waals surface area contributed by atoms with Crippen LogP contribution in [0.2, 0.25) is 0 Å². The van der Waals surface area contributed by atoms with Crippen molar-refractivity contribution in [3.8, 4) is 5.88 Å². The molecule has 3 aromatic heterocycles. The van der Waals surface area contributed by atoms with Crippen molar-refractivity contribution in [3.63, 3.8) is 0 Å². The maximum atomic E-state index is 6.11. The van der Waals surface area contributed by atoms with Crippen LogP contribution in [0.1, 0.15) is 37.3 Å². The van der Waals surface area contributed by atoms with Gasteiger partial charge in [-0.05, 0) is 25.8 Å². The molecule has 26 heavy (non-hydrogen) atoms. The molecule has 5 rings (SSSR count). The van der Waals surface area contributed by atoms with E-state index in [0.717, 1.165) is 54.4 Å². The number of anilines is 1. The number of aromatic nitrogens is 5. The molecule has 7 nitrogen and oxygen atoms in total. The van der Waals surface area contributed by atoms with Gasteiger partial charge in [-0.3, -0.25) is 0 Å². The van der Waals surface area contributed by atoms with Crippen molar-refractivity contribution in [2.75, 3.05) is 18.0 Å². The number of pyridine rings is 1. The summed E-state index contributed by atoms with van der Waals surface area (Å²) in [6.45, 7) is 3.84. The minimum absolute atomic E-state index is 0.196. The summed E-state index contributed by atoms with van der Waals surface area (Å²) < 4.78 is 8.31. The molecule has 0 amide bonds. The molecule has 1 saturated carbocycles. The number of nitrogens with zero attached hydrogens (tertiary/aromatic N) is 6. The number of hydrogen-bond acceptors (Lipinski definition) is 6. The summed E-state index contributed by atoms with van der Waals surface area (Å²) in [5.41, 5.74) is 2.96. The lowest BCUT2D eigenvalue weighted by Gasteiger charge is -2.32. The lowest BCUT2D eigenvalue weighted by molar-refractivity contribution is 0.162. The van der Waals surface area contributed by atoms with Crippen LogP contribution in [-0.2, 0) is 0 Å². The van der Waals surface area contributed by atoms with E-state index in [2.05, 4.69) is 29.4 Å². The number of piperidine rings is 1. The van der Waals surface area contributed by atoms with E-state index in [0.29, 0.717) is 6.04 Å². The second-order valence-corrected chi connectivity index (χ2v) is 7.18. The van der Waals surface area contributed by atoms with E-state index in [9.17, 15) is 0 Å². The molecule has 0 N–H and O–H groups in total. The van der Waals surface area contributed by atoms with E-state index in [1.165, 1.54) is 12.8 Å². The minimum atomic E-state index is 0.196. The Morgan fingerprint density at radius 1 is 1.04 bits per heavy atom. The van der Waals surface area contributed by atoms with Crippen molar-refractivity contribution in [2.45, 2.75) is 44.8 Å². The predicted octanol–water partition coefficient (Wildman–Crippen LogP) is 2.91. The first kappa shape index (κ1) is 15.5. The van der Waals surface area contributed by atoms with Crippen LogP contribution in [0.25, 0.3) is 11.2 Å². The zero-order chi connectivity index (χ0) is 17.5. The zero-order valence-corrected chi connectivity index (χ0v) is 14.9. The molecule has 1 saturated heterocycles. The van der Waals surface area contributed by atoms with E-state index < -0.39 is 0 Å². The molecule has 7 heteroatoms. The molecule has 134 valence electrons. The molecule has 0 unspecified atom stereocenters. The quantitative estimate of drug-likeness (QED) is 0.721. The van der Waals surface area contributed by atoms with Crippen molar-refractivity contribution in [1.29, 1.82) is 0 Å². The van der Waals surface area contributed by atoms with Gasteiger partial charge in [-0.15, -0.1) is 0 Å². The summed E-state index contributed by atoms with van der Waals surface area (Å²) in [5.74, 6) is 1.69. The van der Waals surface area contributed by atoms with Gasteiger partial charge in [0, 0.05) is 43.7 Å². The summed E-state index contributed by atoms with van der Waals surface area (Å²) in [6.07, 6.45) is 9.90. The summed E-state index contributed by atoms with van der Waals surface area (Å²) >= 11 is 0. The Balaban J connectivity index is 1.31. The first-order chi connectivity index (χ1) is 12.8. The Morgan fingerprint density at radius 3 is 2.65 bits per heavy atom. The van der Waals surface area contributed by atoms with Crippen LogP contribution in [0.4, 0.5) is 5.82 Å². The highest BCUT2D eigenvalue weighted by molar-refractivity contribution is 5.83. The third kappa shape index (κ3) is 2.77. The standard InChI is InChI=1S/C19H22N6O/c1-13-3-2-8-20-19(13)26-15-6-9-24(10-7-15)17-16-18(22-11-21-17)25(12-23-16)14-4-5-14/h2-3,8,11-12,14-15H,4-7,9-10H2,1H3. The lowest BCUT2D eigenvalue weighted by Crippen LogP contribution is -2.39. The summed E-state index contributed by atoms with van der Waals surface area (Å²) in [4.78, 5) is 20.3. The topological polar surface area (TPSA) is 69.0 Å². The van der Waals surface area contributed by atoms with Crippen molar-refractivity contribution < 1.29 is 4.74 Å². The normalized spacial score (nSPS) is 18.4. The van der Waals surface area contributed by atoms with Gasteiger partial charge in [0.25, 0.3) is 0 Å². The average Bonchev–Trinajstić information content (AvgIpc) is 3.42. The molecule has 2 fully saturated rings. The Kier molecular flexibility index (Phi) is 3.72. The molecule has 0 bridgehead atoms. The second kappa shape index (κ2) is 6.23. The first-order valence-electron chi connectivity index (χ1n) is 9.30. The Hall–Kier alpha value is -2.70. The van der Waals surface area contributed by atoms with Gasteiger partial charge in [0.15, 0.2) is 17.0 Å². The molecule has 4 heterocycles. The third-order valence-electron chi connectivity index (χ3n) is 5.26. The molecule has 0 aromatic carbocycles. The van der Waals surface area contributed by atoms with E-state index in [-0.39, 0.29) is 6.10 Å². The SMILES string of the molecule is Cc1cccnc1OC1CCN(c2ncnc3c2ncn3C2CC2)CC1. The van der Waals surface area contributed by atoms with E-state index in [4.69, 9.17) is 4.74 Å². The first-order valence-corrected chi connectivity index (χ1v) is 9.30. The molecule has 0 spiro atoms. The second-order valence-electron chi connectivity index (χ2n) is 7.18. The summed E-state index contributed by atoms with van der Waals surface area (Å²) in [7, 11) is 0. The van der Waals surface area contributed by atoms with Gasteiger partial charge in [-0.2, -0.15) is 0 Å². The number of fused-ring (bicyclic) bond motifs is 1. The zero-order valence-electron chi connectivity index (χ0n) is 14.9. The van der Waals surface area contributed by atoms with Gasteiger partial charge in [-0.1, -0.05) is 6.07 Å². The lowest BCUT2D eigenvalue weighted by atomic mass is 10.1. The van der Waals surface area contributed by atoms with Crippen LogP contribution in [0.5, 0.6) is 5.88 Å². The summed E-state index contributed by atoms with van der Waals surface area (Å²) in [5, 5.41) is 0. The van der Waals surface area contributed by atoms with Crippen LogP contribution >= 0.6 is 0 Å².